The van der Waals surface area contributed by atoms with E-state index in [9.17, 15) is 9.90 Å². The van der Waals surface area contributed by atoms with Gasteiger partial charge in [-0.3, -0.25) is 4.79 Å². The molecule has 0 radical (unpaired) electrons. The lowest BCUT2D eigenvalue weighted by Crippen LogP contribution is -2.39. The number of rotatable bonds is 7. The number of nitrogens with one attached hydrogen (secondary N) is 1. The minimum atomic E-state index is -0.147. The number of amides is 1. The van der Waals surface area contributed by atoms with Crippen molar-refractivity contribution in [2.24, 2.45) is 5.92 Å². The van der Waals surface area contributed by atoms with E-state index in [1.165, 1.54) is 0 Å². The zero-order chi connectivity index (χ0) is 13.4. The minimum Gasteiger partial charge on any atom is -0.393 e. The van der Waals surface area contributed by atoms with Gasteiger partial charge in [0, 0.05) is 12.5 Å². The van der Waals surface area contributed by atoms with Crippen LogP contribution in [0.1, 0.15) is 71.6 Å². The van der Waals surface area contributed by atoms with E-state index in [4.69, 9.17) is 0 Å². The molecule has 0 heterocycles. The smallest absolute Gasteiger partial charge is 0.220 e. The monoisotopic (exact) mass is 255 g/mol. The summed E-state index contributed by atoms with van der Waals surface area (Å²) in [6, 6.07) is 0.296. The summed E-state index contributed by atoms with van der Waals surface area (Å²) in [5.41, 5.74) is 0. The molecule has 1 aliphatic carbocycles. The maximum Gasteiger partial charge on any atom is 0.220 e. The molecule has 18 heavy (non-hydrogen) atoms. The maximum atomic E-state index is 12.0. The second-order valence-corrected chi connectivity index (χ2v) is 5.72. The van der Waals surface area contributed by atoms with E-state index in [-0.39, 0.29) is 12.0 Å². The fraction of sp³-hybridized carbons (Fsp3) is 0.933. The van der Waals surface area contributed by atoms with Crippen molar-refractivity contribution >= 4 is 5.91 Å². The normalized spacial score (nSPS) is 24.2. The fourth-order valence-electron chi connectivity index (χ4n) is 2.93. The summed E-state index contributed by atoms with van der Waals surface area (Å²) >= 11 is 0. The first-order valence-electron chi connectivity index (χ1n) is 7.63. The summed E-state index contributed by atoms with van der Waals surface area (Å²) in [7, 11) is 0. The van der Waals surface area contributed by atoms with Crippen molar-refractivity contribution in [2.45, 2.75) is 83.8 Å². The molecule has 0 aromatic carbocycles. The average Bonchev–Trinajstić information content (AvgIpc) is 2.33. The Bertz CT molecular complexity index is 229. The van der Waals surface area contributed by atoms with Crippen LogP contribution in [-0.4, -0.2) is 23.2 Å². The number of hydrogen-bond acceptors (Lipinski definition) is 2. The number of carbonyl (C=O) groups is 1. The van der Waals surface area contributed by atoms with Crippen molar-refractivity contribution in [3.63, 3.8) is 0 Å². The molecule has 0 aromatic rings. The van der Waals surface area contributed by atoms with E-state index in [1.54, 1.807) is 0 Å². The maximum absolute atomic E-state index is 12.0. The minimum absolute atomic E-state index is 0.147. The van der Waals surface area contributed by atoms with Crippen LogP contribution in [-0.2, 0) is 4.79 Å². The first kappa shape index (κ1) is 15.5. The van der Waals surface area contributed by atoms with Gasteiger partial charge in [0.2, 0.25) is 5.91 Å². The molecule has 0 spiro atoms. The molecular weight excluding hydrogens is 226 g/mol. The van der Waals surface area contributed by atoms with E-state index >= 15 is 0 Å². The molecule has 2 N–H and O–H groups in total. The molecule has 3 heteroatoms. The first-order valence-corrected chi connectivity index (χ1v) is 7.63. The molecule has 0 aliphatic heterocycles. The standard InChI is InChI=1S/C15H29NO2/c1-3-5-12(6-4-2)11-15(18)16-13-7-9-14(17)10-8-13/h12-14,17H,3-11H2,1-2H3,(H,16,18). The molecule has 0 saturated heterocycles. The van der Waals surface area contributed by atoms with Crippen LogP contribution < -0.4 is 5.32 Å². The predicted octanol–water partition coefficient (Wildman–Crippen LogP) is 3.01. The van der Waals surface area contributed by atoms with Crippen molar-refractivity contribution < 1.29 is 9.90 Å². The predicted molar refractivity (Wildman–Crippen MR) is 74.3 cm³/mol. The lowest BCUT2D eigenvalue weighted by molar-refractivity contribution is -0.123. The zero-order valence-electron chi connectivity index (χ0n) is 12.0. The van der Waals surface area contributed by atoms with Crippen molar-refractivity contribution in [3.05, 3.63) is 0 Å². The third-order valence-corrected chi connectivity index (χ3v) is 3.93. The highest BCUT2D eigenvalue weighted by Gasteiger charge is 2.21. The average molecular weight is 255 g/mol. The van der Waals surface area contributed by atoms with Gasteiger partial charge in [-0.25, -0.2) is 0 Å². The van der Waals surface area contributed by atoms with Crippen molar-refractivity contribution in [1.82, 2.24) is 5.32 Å². The van der Waals surface area contributed by atoms with Crippen molar-refractivity contribution in [2.75, 3.05) is 0 Å². The van der Waals surface area contributed by atoms with Gasteiger partial charge in [-0.05, 0) is 31.6 Å². The molecular formula is C15H29NO2. The van der Waals surface area contributed by atoms with Gasteiger partial charge in [0.15, 0.2) is 0 Å². The molecule has 0 atom stereocenters. The summed E-state index contributed by atoms with van der Waals surface area (Å²) in [5.74, 6) is 0.762. The van der Waals surface area contributed by atoms with Crippen molar-refractivity contribution in [1.29, 1.82) is 0 Å². The molecule has 1 amide bonds. The summed E-state index contributed by atoms with van der Waals surface area (Å²) < 4.78 is 0. The Morgan fingerprint density at radius 3 is 2.22 bits per heavy atom. The molecule has 1 aliphatic rings. The van der Waals surface area contributed by atoms with Gasteiger partial charge >= 0.3 is 0 Å². The van der Waals surface area contributed by atoms with Crippen LogP contribution in [0.2, 0.25) is 0 Å². The van der Waals surface area contributed by atoms with Crippen LogP contribution in [0.3, 0.4) is 0 Å². The van der Waals surface area contributed by atoms with Crippen LogP contribution in [0, 0.1) is 5.92 Å². The highest BCUT2D eigenvalue weighted by Crippen LogP contribution is 2.20. The highest BCUT2D eigenvalue weighted by atomic mass is 16.3. The second-order valence-electron chi connectivity index (χ2n) is 5.72. The van der Waals surface area contributed by atoms with Gasteiger partial charge in [0.05, 0.1) is 6.10 Å². The summed E-state index contributed by atoms with van der Waals surface area (Å²) in [5, 5.41) is 12.6. The summed E-state index contributed by atoms with van der Waals surface area (Å²) in [6.07, 6.45) is 8.69. The molecule has 0 unspecified atom stereocenters. The van der Waals surface area contributed by atoms with Crippen LogP contribution in [0.4, 0.5) is 0 Å². The van der Waals surface area contributed by atoms with Crippen LogP contribution >= 0.6 is 0 Å². The second kappa shape index (κ2) is 8.52. The number of aliphatic hydroxyl groups excluding tert-OH is 1. The van der Waals surface area contributed by atoms with Gasteiger partial charge < -0.3 is 10.4 Å². The van der Waals surface area contributed by atoms with E-state index in [2.05, 4.69) is 19.2 Å². The molecule has 0 aromatic heterocycles. The van der Waals surface area contributed by atoms with E-state index < -0.39 is 0 Å². The topological polar surface area (TPSA) is 49.3 Å². The lowest BCUT2D eigenvalue weighted by Gasteiger charge is -2.27. The molecule has 3 nitrogen and oxygen atoms in total. The van der Waals surface area contributed by atoms with Crippen molar-refractivity contribution in [3.8, 4) is 0 Å². The van der Waals surface area contributed by atoms with Gasteiger partial charge in [0.25, 0.3) is 0 Å². The third-order valence-electron chi connectivity index (χ3n) is 3.93. The molecule has 1 saturated carbocycles. The number of aliphatic hydroxyl groups is 1. The van der Waals surface area contributed by atoms with Gasteiger partial charge in [-0.15, -0.1) is 0 Å². The van der Waals surface area contributed by atoms with Crippen LogP contribution in [0.15, 0.2) is 0 Å². The van der Waals surface area contributed by atoms with Crippen LogP contribution in [0.5, 0.6) is 0 Å². The fourth-order valence-corrected chi connectivity index (χ4v) is 2.93. The molecule has 0 bridgehead atoms. The molecule has 1 fully saturated rings. The zero-order valence-corrected chi connectivity index (χ0v) is 12.0. The summed E-state index contributed by atoms with van der Waals surface area (Å²) in [6.45, 7) is 4.37. The molecule has 1 rings (SSSR count). The van der Waals surface area contributed by atoms with Gasteiger partial charge in [-0.1, -0.05) is 39.5 Å². The van der Waals surface area contributed by atoms with Gasteiger partial charge in [-0.2, -0.15) is 0 Å². The Morgan fingerprint density at radius 1 is 1.17 bits per heavy atom. The Morgan fingerprint density at radius 2 is 1.72 bits per heavy atom. The first-order chi connectivity index (χ1) is 8.65. The Hall–Kier alpha value is -0.570. The van der Waals surface area contributed by atoms with E-state index in [0.29, 0.717) is 18.4 Å². The lowest BCUT2D eigenvalue weighted by atomic mass is 9.91. The SMILES string of the molecule is CCCC(CCC)CC(=O)NC1CCC(O)CC1. The summed E-state index contributed by atoms with van der Waals surface area (Å²) in [4.78, 5) is 12.0. The molecule has 106 valence electrons. The number of carbonyl (C=O) groups excluding carboxylic acids is 1. The van der Waals surface area contributed by atoms with E-state index in [0.717, 1.165) is 51.4 Å². The van der Waals surface area contributed by atoms with Gasteiger partial charge in [0.1, 0.15) is 0 Å². The number of hydrogen-bond donors (Lipinski definition) is 2. The third kappa shape index (κ3) is 5.85. The Kier molecular flexibility index (Phi) is 7.33. The van der Waals surface area contributed by atoms with Crippen LogP contribution in [0.25, 0.3) is 0 Å². The van der Waals surface area contributed by atoms with E-state index in [1.807, 2.05) is 0 Å². The largest absolute Gasteiger partial charge is 0.393 e. The Labute approximate surface area is 111 Å². The quantitative estimate of drug-likeness (QED) is 0.734. The highest BCUT2D eigenvalue weighted by molar-refractivity contribution is 5.76. The Balaban J connectivity index is 2.26.